The summed E-state index contributed by atoms with van der Waals surface area (Å²) in [5.41, 5.74) is 2.30. The molecule has 2 aromatic rings. The maximum Gasteiger partial charge on any atom is 0.223 e. The molecule has 1 fully saturated rings. The third kappa shape index (κ3) is 5.90. The molecule has 1 saturated heterocycles. The standard InChI is InChI=1S/C24H31FN2O/c1-18(2)16-23(20-6-4-3-5-7-20)26-24(28)21-12-14-27(15-13-21)17-19-8-10-22(25)11-9-19/h3-11,18,21,23H,12-17H2,1-2H3,(H,26,28)/t23-/m1/s1. The van der Waals surface area contributed by atoms with Crippen molar-refractivity contribution < 1.29 is 9.18 Å². The van der Waals surface area contributed by atoms with E-state index in [1.165, 1.54) is 17.7 Å². The van der Waals surface area contributed by atoms with Gasteiger partial charge in [-0.15, -0.1) is 0 Å². The predicted octanol–water partition coefficient (Wildman–Crippen LogP) is 4.94. The van der Waals surface area contributed by atoms with Crippen molar-refractivity contribution in [2.45, 2.75) is 45.7 Å². The maximum absolute atomic E-state index is 13.1. The van der Waals surface area contributed by atoms with Gasteiger partial charge in [-0.3, -0.25) is 9.69 Å². The van der Waals surface area contributed by atoms with Crippen LogP contribution in [0.2, 0.25) is 0 Å². The molecule has 2 aromatic carbocycles. The lowest BCUT2D eigenvalue weighted by atomic mass is 9.93. The van der Waals surface area contributed by atoms with E-state index < -0.39 is 0 Å². The third-order valence-corrected chi connectivity index (χ3v) is 5.50. The van der Waals surface area contributed by atoms with Gasteiger partial charge in [-0.1, -0.05) is 56.3 Å². The summed E-state index contributed by atoms with van der Waals surface area (Å²) < 4.78 is 13.1. The number of carbonyl (C=O) groups excluding carboxylic acids is 1. The molecule has 1 aliphatic rings. The van der Waals surface area contributed by atoms with Crippen molar-refractivity contribution in [3.8, 4) is 0 Å². The Morgan fingerprint density at radius 1 is 1.07 bits per heavy atom. The lowest BCUT2D eigenvalue weighted by Gasteiger charge is -2.32. The van der Waals surface area contributed by atoms with Crippen molar-refractivity contribution in [1.82, 2.24) is 10.2 Å². The Balaban J connectivity index is 1.52. The van der Waals surface area contributed by atoms with E-state index in [1.807, 2.05) is 30.3 Å². The summed E-state index contributed by atoms with van der Waals surface area (Å²) in [6.45, 7) is 6.99. The molecule has 0 aromatic heterocycles. The average molecular weight is 383 g/mol. The number of piperidine rings is 1. The topological polar surface area (TPSA) is 32.3 Å². The van der Waals surface area contributed by atoms with E-state index in [0.29, 0.717) is 5.92 Å². The zero-order valence-electron chi connectivity index (χ0n) is 16.9. The maximum atomic E-state index is 13.1. The number of halogens is 1. The Morgan fingerprint density at radius 2 is 1.71 bits per heavy atom. The van der Waals surface area contributed by atoms with Gasteiger partial charge < -0.3 is 5.32 Å². The lowest BCUT2D eigenvalue weighted by Crippen LogP contribution is -2.41. The Bertz CT molecular complexity index is 737. The van der Waals surface area contributed by atoms with Crippen LogP contribution in [0.25, 0.3) is 0 Å². The molecule has 0 saturated carbocycles. The third-order valence-electron chi connectivity index (χ3n) is 5.50. The molecule has 0 aliphatic carbocycles. The molecule has 0 spiro atoms. The molecule has 1 amide bonds. The molecular weight excluding hydrogens is 351 g/mol. The zero-order chi connectivity index (χ0) is 19.9. The smallest absolute Gasteiger partial charge is 0.223 e. The second-order valence-corrected chi connectivity index (χ2v) is 8.28. The second-order valence-electron chi connectivity index (χ2n) is 8.28. The predicted molar refractivity (Wildman–Crippen MR) is 111 cm³/mol. The minimum atomic E-state index is -0.200. The molecule has 1 N–H and O–H groups in total. The van der Waals surface area contributed by atoms with E-state index in [0.717, 1.165) is 44.5 Å². The van der Waals surface area contributed by atoms with Crippen LogP contribution in [0.5, 0.6) is 0 Å². The van der Waals surface area contributed by atoms with Crippen LogP contribution in [0, 0.1) is 17.7 Å². The van der Waals surface area contributed by atoms with Gasteiger partial charge >= 0.3 is 0 Å². The summed E-state index contributed by atoms with van der Waals surface area (Å²) in [5.74, 6) is 0.565. The molecule has 3 nitrogen and oxygen atoms in total. The number of amides is 1. The molecule has 0 bridgehead atoms. The molecule has 28 heavy (non-hydrogen) atoms. The van der Waals surface area contributed by atoms with Gasteiger partial charge in [0, 0.05) is 12.5 Å². The van der Waals surface area contributed by atoms with E-state index in [2.05, 4.69) is 36.2 Å². The van der Waals surface area contributed by atoms with Gasteiger partial charge in [0.25, 0.3) is 0 Å². The van der Waals surface area contributed by atoms with Crippen molar-refractivity contribution in [1.29, 1.82) is 0 Å². The first kappa shape index (κ1) is 20.5. The molecule has 3 rings (SSSR count). The Labute approximate surface area is 167 Å². The molecule has 0 radical (unpaired) electrons. The fourth-order valence-corrected chi connectivity index (χ4v) is 3.93. The number of likely N-dealkylation sites (tertiary alicyclic amines) is 1. The molecule has 1 aliphatic heterocycles. The second kappa shape index (κ2) is 9.83. The number of nitrogens with zero attached hydrogens (tertiary/aromatic N) is 1. The van der Waals surface area contributed by atoms with Crippen LogP contribution < -0.4 is 5.32 Å². The number of rotatable bonds is 7. The van der Waals surface area contributed by atoms with Crippen molar-refractivity contribution in [2.24, 2.45) is 11.8 Å². The van der Waals surface area contributed by atoms with E-state index in [9.17, 15) is 9.18 Å². The fourth-order valence-electron chi connectivity index (χ4n) is 3.93. The summed E-state index contributed by atoms with van der Waals surface area (Å²) in [6.07, 6.45) is 2.69. The van der Waals surface area contributed by atoms with Crippen LogP contribution in [-0.4, -0.2) is 23.9 Å². The molecule has 1 atom stereocenters. The molecule has 150 valence electrons. The van der Waals surface area contributed by atoms with Gasteiger partial charge in [0.2, 0.25) is 5.91 Å². The van der Waals surface area contributed by atoms with Crippen molar-refractivity contribution in [3.63, 3.8) is 0 Å². The van der Waals surface area contributed by atoms with Gasteiger partial charge in [0.1, 0.15) is 5.82 Å². The van der Waals surface area contributed by atoms with Crippen LogP contribution in [-0.2, 0) is 11.3 Å². The highest BCUT2D eigenvalue weighted by molar-refractivity contribution is 5.79. The largest absolute Gasteiger partial charge is 0.349 e. The number of benzene rings is 2. The van der Waals surface area contributed by atoms with Crippen LogP contribution in [0.4, 0.5) is 4.39 Å². The number of carbonyl (C=O) groups is 1. The first-order valence-electron chi connectivity index (χ1n) is 10.3. The number of nitrogens with one attached hydrogen (secondary N) is 1. The summed E-state index contributed by atoms with van der Waals surface area (Å²) in [5, 5.41) is 3.31. The number of hydrogen-bond donors (Lipinski definition) is 1. The monoisotopic (exact) mass is 382 g/mol. The lowest BCUT2D eigenvalue weighted by molar-refractivity contribution is -0.127. The molecular formula is C24H31FN2O. The van der Waals surface area contributed by atoms with E-state index in [-0.39, 0.29) is 23.7 Å². The minimum absolute atomic E-state index is 0.0721. The zero-order valence-corrected chi connectivity index (χ0v) is 16.9. The van der Waals surface area contributed by atoms with Crippen LogP contribution in [0.1, 0.15) is 50.3 Å². The highest BCUT2D eigenvalue weighted by Crippen LogP contribution is 2.24. The fraction of sp³-hybridized carbons (Fsp3) is 0.458. The highest BCUT2D eigenvalue weighted by Gasteiger charge is 2.27. The molecule has 4 heteroatoms. The first-order chi connectivity index (χ1) is 13.5. The first-order valence-corrected chi connectivity index (χ1v) is 10.3. The van der Waals surface area contributed by atoms with Crippen molar-refractivity contribution in [3.05, 3.63) is 71.5 Å². The van der Waals surface area contributed by atoms with Crippen LogP contribution in [0.15, 0.2) is 54.6 Å². The number of hydrogen-bond acceptors (Lipinski definition) is 2. The van der Waals surface area contributed by atoms with Crippen molar-refractivity contribution >= 4 is 5.91 Å². The van der Waals surface area contributed by atoms with Gasteiger partial charge in [0.05, 0.1) is 6.04 Å². The van der Waals surface area contributed by atoms with Gasteiger partial charge in [-0.25, -0.2) is 4.39 Å². The van der Waals surface area contributed by atoms with E-state index in [4.69, 9.17) is 0 Å². The SMILES string of the molecule is CC(C)C[C@@H](NC(=O)C1CCN(Cc2ccc(F)cc2)CC1)c1ccccc1. The highest BCUT2D eigenvalue weighted by atomic mass is 19.1. The summed E-state index contributed by atoms with van der Waals surface area (Å²) in [4.78, 5) is 15.2. The summed E-state index contributed by atoms with van der Waals surface area (Å²) in [6, 6.07) is 17.0. The van der Waals surface area contributed by atoms with Gasteiger partial charge in [-0.05, 0) is 61.5 Å². The van der Waals surface area contributed by atoms with E-state index in [1.54, 1.807) is 0 Å². The molecule has 0 unspecified atom stereocenters. The average Bonchev–Trinajstić information content (AvgIpc) is 2.70. The Kier molecular flexibility index (Phi) is 7.21. The quantitative estimate of drug-likeness (QED) is 0.735. The summed E-state index contributed by atoms with van der Waals surface area (Å²) >= 11 is 0. The Hall–Kier alpha value is -2.20. The minimum Gasteiger partial charge on any atom is -0.349 e. The van der Waals surface area contributed by atoms with Crippen LogP contribution in [0.3, 0.4) is 0 Å². The normalized spacial score (nSPS) is 16.9. The summed E-state index contributed by atoms with van der Waals surface area (Å²) in [7, 11) is 0. The van der Waals surface area contributed by atoms with Gasteiger partial charge in [-0.2, -0.15) is 0 Å². The molecule has 1 heterocycles. The van der Waals surface area contributed by atoms with E-state index >= 15 is 0 Å². The van der Waals surface area contributed by atoms with Crippen molar-refractivity contribution in [2.75, 3.05) is 13.1 Å². The van der Waals surface area contributed by atoms with Crippen LogP contribution >= 0.6 is 0 Å². The van der Waals surface area contributed by atoms with Gasteiger partial charge in [0.15, 0.2) is 0 Å². The Morgan fingerprint density at radius 3 is 2.32 bits per heavy atom.